The molecule has 4 N–H and O–H groups in total. The molecule has 3 amide bonds. The van der Waals surface area contributed by atoms with Crippen LogP contribution in [0.15, 0.2) is 18.2 Å². The lowest BCUT2D eigenvalue weighted by atomic mass is 10.1. The van der Waals surface area contributed by atoms with Gasteiger partial charge in [0.1, 0.15) is 0 Å². The molecule has 1 saturated heterocycles. The number of nitrogens with zero attached hydrogens (tertiary/aromatic N) is 1. The highest BCUT2D eigenvalue weighted by atomic mass is 35.5. The maximum absolute atomic E-state index is 12.0. The minimum absolute atomic E-state index is 0.0374. The number of carboxylic acids is 1. The molecule has 2 rings (SSSR count). The van der Waals surface area contributed by atoms with Crippen LogP contribution in [0.1, 0.15) is 16.8 Å². The number of halogens is 1. The molecular formula is C13H14ClN3O4. The van der Waals surface area contributed by atoms with Crippen molar-refractivity contribution in [3.8, 4) is 0 Å². The summed E-state index contributed by atoms with van der Waals surface area (Å²) in [6.07, 6.45) is 0.543. The van der Waals surface area contributed by atoms with Crippen molar-refractivity contribution < 1.29 is 19.5 Å². The summed E-state index contributed by atoms with van der Waals surface area (Å²) in [4.78, 5) is 35.4. The smallest absolute Gasteiger partial charge is 0.337 e. The summed E-state index contributed by atoms with van der Waals surface area (Å²) < 4.78 is 0. The summed E-state index contributed by atoms with van der Waals surface area (Å²) in [5, 5.41) is 11.5. The second-order valence-corrected chi connectivity index (χ2v) is 5.17. The molecule has 0 spiro atoms. The Labute approximate surface area is 125 Å². The molecule has 0 saturated carbocycles. The molecule has 1 aliphatic rings. The average Bonchev–Trinajstić information content (AvgIpc) is 2.88. The van der Waals surface area contributed by atoms with Gasteiger partial charge in [0.05, 0.1) is 16.5 Å². The third-order valence-electron chi connectivity index (χ3n) is 3.33. The Balaban J connectivity index is 2.02. The third kappa shape index (κ3) is 3.43. The first-order valence-electron chi connectivity index (χ1n) is 6.26. The van der Waals surface area contributed by atoms with Gasteiger partial charge in [-0.2, -0.15) is 0 Å². The summed E-state index contributed by atoms with van der Waals surface area (Å²) in [5.74, 6) is -1.88. The first-order chi connectivity index (χ1) is 9.88. The van der Waals surface area contributed by atoms with Gasteiger partial charge in [-0.25, -0.2) is 9.59 Å². The number of nitrogens with two attached hydrogens (primary N) is 1. The standard InChI is InChI=1S/C13H14ClN3O4/c14-10-5-8(1-2-9(10)12(19)20)16-13(21)17-4-3-7(6-17)11(15)18/h1-2,5,7H,3-4,6H2,(H2,15,18)(H,16,21)(H,19,20). The number of nitrogens with one attached hydrogen (secondary N) is 1. The molecule has 1 atom stereocenters. The van der Waals surface area contributed by atoms with E-state index in [2.05, 4.69) is 5.32 Å². The highest BCUT2D eigenvalue weighted by Gasteiger charge is 2.29. The van der Waals surface area contributed by atoms with Crippen molar-refractivity contribution in [1.29, 1.82) is 0 Å². The van der Waals surface area contributed by atoms with Crippen LogP contribution in [-0.2, 0) is 4.79 Å². The van der Waals surface area contributed by atoms with E-state index in [0.717, 1.165) is 0 Å². The predicted molar refractivity (Wildman–Crippen MR) is 76.3 cm³/mol. The average molecular weight is 312 g/mol. The van der Waals surface area contributed by atoms with E-state index in [4.69, 9.17) is 22.4 Å². The summed E-state index contributed by atoms with van der Waals surface area (Å²) in [5.41, 5.74) is 5.56. The number of carbonyl (C=O) groups excluding carboxylic acids is 2. The molecule has 0 aliphatic carbocycles. The van der Waals surface area contributed by atoms with Crippen LogP contribution < -0.4 is 11.1 Å². The van der Waals surface area contributed by atoms with Gasteiger partial charge in [0.25, 0.3) is 0 Å². The predicted octanol–water partition coefficient (Wildman–Crippen LogP) is 1.38. The minimum atomic E-state index is -1.14. The molecule has 0 radical (unpaired) electrons. The number of likely N-dealkylation sites (tertiary alicyclic amines) is 1. The van der Waals surface area contributed by atoms with E-state index in [1.807, 2.05) is 0 Å². The van der Waals surface area contributed by atoms with Crippen molar-refractivity contribution in [1.82, 2.24) is 4.90 Å². The summed E-state index contributed by atoms with van der Waals surface area (Å²) >= 11 is 5.83. The van der Waals surface area contributed by atoms with Crippen molar-refractivity contribution in [3.05, 3.63) is 28.8 Å². The number of aromatic carboxylic acids is 1. The van der Waals surface area contributed by atoms with E-state index >= 15 is 0 Å². The molecule has 0 aromatic heterocycles. The molecule has 8 heteroatoms. The first kappa shape index (κ1) is 15.1. The van der Waals surface area contributed by atoms with E-state index in [9.17, 15) is 14.4 Å². The molecule has 1 heterocycles. The number of benzene rings is 1. The van der Waals surface area contributed by atoms with Gasteiger partial charge < -0.3 is 21.1 Å². The van der Waals surface area contributed by atoms with Crippen LogP contribution in [0.5, 0.6) is 0 Å². The quantitative estimate of drug-likeness (QED) is 0.782. The molecule has 1 fully saturated rings. The van der Waals surface area contributed by atoms with Gasteiger partial charge in [-0.3, -0.25) is 4.79 Å². The molecule has 1 aromatic carbocycles. The fourth-order valence-corrected chi connectivity index (χ4v) is 2.41. The zero-order chi connectivity index (χ0) is 15.6. The van der Waals surface area contributed by atoms with Crippen LogP contribution in [0.4, 0.5) is 10.5 Å². The van der Waals surface area contributed by atoms with Gasteiger partial charge in [0.15, 0.2) is 0 Å². The minimum Gasteiger partial charge on any atom is -0.478 e. The Morgan fingerprint density at radius 2 is 2.10 bits per heavy atom. The number of carboxylic acid groups (broad SMARTS) is 1. The second kappa shape index (κ2) is 6.01. The number of anilines is 1. The van der Waals surface area contributed by atoms with Gasteiger partial charge in [0.2, 0.25) is 5.91 Å². The maximum Gasteiger partial charge on any atom is 0.337 e. The molecule has 1 aromatic rings. The third-order valence-corrected chi connectivity index (χ3v) is 3.64. The van der Waals surface area contributed by atoms with Crippen LogP contribution in [0.25, 0.3) is 0 Å². The van der Waals surface area contributed by atoms with E-state index in [-0.39, 0.29) is 29.1 Å². The normalized spacial score (nSPS) is 17.6. The first-order valence-corrected chi connectivity index (χ1v) is 6.64. The number of hydrogen-bond donors (Lipinski definition) is 3. The SMILES string of the molecule is NC(=O)C1CCN(C(=O)Nc2ccc(C(=O)O)c(Cl)c2)C1. The van der Waals surface area contributed by atoms with Gasteiger partial charge in [-0.05, 0) is 24.6 Å². The van der Waals surface area contributed by atoms with Crippen molar-refractivity contribution >= 4 is 35.2 Å². The monoisotopic (exact) mass is 311 g/mol. The van der Waals surface area contributed by atoms with E-state index < -0.39 is 11.9 Å². The fourth-order valence-electron chi connectivity index (χ4n) is 2.15. The molecule has 112 valence electrons. The molecule has 1 unspecified atom stereocenters. The van der Waals surface area contributed by atoms with Crippen molar-refractivity contribution in [2.24, 2.45) is 11.7 Å². The van der Waals surface area contributed by atoms with Gasteiger partial charge >= 0.3 is 12.0 Å². The van der Waals surface area contributed by atoms with Crippen LogP contribution >= 0.6 is 11.6 Å². The molecule has 21 heavy (non-hydrogen) atoms. The summed E-state index contributed by atoms with van der Waals surface area (Å²) in [7, 11) is 0. The fraction of sp³-hybridized carbons (Fsp3) is 0.308. The highest BCUT2D eigenvalue weighted by molar-refractivity contribution is 6.33. The Hall–Kier alpha value is -2.28. The van der Waals surface area contributed by atoms with E-state index in [1.54, 1.807) is 0 Å². The van der Waals surface area contributed by atoms with Crippen LogP contribution in [0, 0.1) is 5.92 Å². The lowest BCUT2D eigenvalue weighted by Crippen LogP contribution is -2.34. The zero-order valence-electron chi connectivity index (χ0n) is 11.0. The number of urea groups is 1. The number of carbonyl (C=O) groups is 3. The second-order valence-electron chi connectivity index (χ2n) is 4.76. The van der Waals surface area contributed by atoms with Crippen molar-refractivity contribution in [2.75, 3.05) is 18.4 Å². The van der Waals surface area contributed by atoms with Crippen LogP contribution in [-0.4, -0.2) is 41.0 Å². The summed E-state index contributed by atoms with van der Waals surface area (Å²) in [6.45, 7) is 0.725. The molecule has 0 bridgehead atoms. The lowest BCUT2D eigenvalue weighted by Gasteiger charge is -2.17. The van der Waals surface area contributed by atoms with Crippen LogP contribution in [0.2, 0.25) is 5.02 Å². The van der Waals surface area contributed by atoms with Gasteiger partial charge in [-0.1, -0.05) is 11.6 Å². The van der Waals surface area contributed by atoms with Crippen molar-refractivity contribution in [3.63, 3.8) is 0 Å². The Kier molecular flexibility index (Phi) is 4.32. The topological polar surface area (TPSA) is 113 Å². The Morgan fingerprint density at radius 3 is 2.62 bits per heavy atom. The number of amides is 3. The lowest BCUT2D eigenvalue weighted by molar-refractivity contribution is -0.121. The number of rotatable bonds is 3. The maximum atomic E-state index is 12.0. The Bertz CT molecular complexity index is 605. The van der Waals surface area contributed by atoms with Crippen molar-refractivity contribution in [2.45, 2.75) is 6.42 Å². The molecular weight excluding hydrogens is 298 g/mol. The Morgan fingerprint density at radius 1 is 1.38 bits per heavy atom. The number of primary amides is 1. The molecule has 1 aliphatic heterocycles. The van der Waals surface area contributed by atoms with E-state index in [1.165, 1.54) is 23.1 Å². The summed E-state index contributed by atoms with van der Waals surface area (Å²) in [6, 6.07) is 3.76. The zero-order valence-corrected chi connectivity index (χ0v) is 11.8. The van der Waals surface area contributed by atoms with Gasteiger partial charge in [-0.15, -0.1) is 0 Å². The van der Waals surface area contributed by atoms with Crippen LogP contribution in [0.3, 0.4) is 0 Å². The largest absolute Gasteiger partial charge is 0.478 e. The molecule has 7 nitrogen and oxygen atoms in total. The highest BCUT2D eigenvalue weighted by Crippen LogP contribution is 2.22. The number of hydrogen-bond acceptors (Lipinski definition) is 3. The van der Waals surface area contributed by atoms with Gasteiger partial charge in [0, 0.05) is 18.8 Å². The van der Waals surface area contributed by atoms with E-state index in [0.29, 0.717) is 18.7 Å².